The van der Waals surface area contributed by atoms with Crippen LogP contribution in [0.4, 0.5) is 0 Å². The van der Waals surface area contributed by atoms with Crippen LogP contribution in [0.25, 0.3) is 0 Å². The molecule has 1 fully saturated rings. The Morgan fingerprint density at radius 2 is 2.12 bits per heavy atom. The number of carbonyl (C=O) groups is 1. The monoisotopic (exact) mass is 241 g/mol. The van der Waals surface area contributed by atoms with Crippen LogP contribution in [0.2, 0.25) is 0 Å². The third-order valence-corrected chi connectivity index (χ3v) is 3.73. The fourth-order valence-corrected chi connectivity index (χ4v) is 2.29. The smallest absolute Gasteiger partial charge is 0.233 e. The van der Waals surface area contributed by atoms with E-state index < -0.39 is 0 Å². The van der Waals surface area contributed by atoms with Crippen molar-refractivity contribution >= 4 is 5.91 Å². The molecule has 0 saturated heterocycles. The predicted octanol–water partition coefficient (Wildman–Crippen LogP) is 1.66. The number of rotatable bonds is 9. The van der Waals surface area contributed by atoms with E-state index in [1.807, 2.05) is 0 Å². The lowest BCUT2D eigenvalue weighted by molar-refractivity contribution is -0.121. The number of carbonyl (C=O) groups excluding carboxylic acids is 1. The first-order valence-corrected chi connectivity index (χ1v) is 6.98. The van der Waals surface area contributed by atoms with Crippen molar-refractivity contribution in [3.8, 4) is 0 Å². The number of nitrogens with one attached hydrogen (secondary N) is 1. The van der Waals surface area contributed by atoms with Crippen LogP contribution in [0.5, 0.6) is 0 Å². The molecule has 0 spiro atoms. The Bertz CT molecular complexity index is 217. The molecule has 100 valence electrons. The standard InChI is InChI=1S/C13H27N3O/c1-2-16(11-12-7-6-8-12)10-5-3-4-9-13(17)15-14/h12H,2-11,14H2,1H3,(H,15,17). The SMILES string of the molecule is CCN(CCCCCC(=O)NN)CC1CCC1. The van der Waals surface area contributed by atoms with E-state index in [1.54, 1.807) is 0 Å². The van der Waals surface area contributed by atoms with Gasteiger partial charge in [0.05, 0.1) is 0 Å². The highest BCUT2D eigenvalue weighted by Crippen LogP contribution is 2.27. The first-order valence-electron chi connectivity index (χ1n) is 6.98. The van der Waals surface area contributed by atoms with Crippen LogP contribution >= 0.6 is 0 Å². The second-order valence-corrected chi connectivity index (χ2v) is 5.07. The van der Waals surface area contributed by atoms with Gasteiger partial charge in [0.2, 0.25) is 5.91 Å². The van der Waals surface area contributed by atoms with Crippen molar-refractivity contribution < 1.29 is 4.79 Å². The number of hydrogen-bond donors (Lipinski definition) is 2. The molecule has 0 unspecified atom stereocenters. The molecule has 1 amide bonds. The Morgan fingerprint density at radius 1 is 1.35 bits per heavy atom. The minimum absolute atomic E-state index is 0.0492. The molecule has 1 saturated carbocycles. The highest BCUT2D eigenvalue weighted by atomic mass is 16.2. The molecule has 4 heteroatoms. The van der Waals surface area contributed by atoms with Crippen molar-refractivity contribution in [2.24, 2.45) is 11.8 Å². The summed E-state index contributed by atoms with van der Waals surface area (Å²) < 4.78 is 0. The van der Waals surface area contributed by atoms with Crippen LogP contribution in [0.15, 0.2) is 0 Å². The minimum atomic E-state index is -0.0492. The topological polar surface area (TPSA) is 58.4 Å². The average Bonchev–Trinajstić information content (AvgIpc) is 2.29. The summed E-state index contributed by atoms with van der Waals surface area (Å²) in [5.41, 5.74) is 2.17. The summed E-state index contributed by atoms with van der Waals surface area (Å²) in [5.74, 6) is 5.93. The summed E-state index contributed by atoms with van der Waals surface area (Å²) in [6.45, 7) is 5.84. The van der Waals surface area contributed by atoms with Gasteiger partial charge >= 0.3 is 0 Å². The Hall–Kier alpha value is -0.610. The second kappa shape index (κ2) is 8.48. The van der Waals surface area contributed by atoms with Crippen molar-refractivity contribution in [2.75, 3.05) is 19.6 Å². The number of nitrogens with two attached hydrogens (primary N) is 1. The van der Waals surface area contributed by atoms with Gasteiger partial charge in [0.25, 0.3) is 0 Å². The molecule has 1 aliphatic carbocycles. The van der Waals surface area contributed by atoms with E-state index in [2.05, 4.69) is 17.2 Å². The third kappa shape index (κ3) is 6.03. The van der Waals surface area contributed by atoms with Crippen molar-refractivity contribution in [1.29, 1.82) is 0 Å². The van der Waals surface area contributed by atoms with Gasteiger partial charge in [0.15, 0.2) is 0 Å². The van der Waals surface area contributed by atoms with Crippen molar-refractivity contribution in [3.05, 3.63) is 0 Å². The van der Waals surface area contributed by atoms with Gasteiger partial charge in [-0.1, -0.05) is 19.8 Å². The van der Waals surface area contributed by atoms with Crippen molar-refractivity contribution in [3.63, 3.8) is 0 Å². The van der Waals surface area contributed by atoms with Gasteiger partial charge < -0.3 is 4.90 Å². The normalized spacial score (nSPS) is 15.9. The maximum atomic E-state index is 10.9. The van der Waals surface area contributed by atoms with Crippen LogP contribution < -0.4 is 11.3 Å². The van der Waals surface area contributed by atoms with Gasteiger partial charge in [-0.2, -0.15) is 0 Å². The second-order valence-electron chi connectivity index (χ2n) is 5.07. The van der Waals surface area contributed by atoms with Crippen LogP contribution in [0.1, 0.15) is 51.9 Å². The summed E-state index contributed by atoms with van der Waals surface area (Å²) >= 11 is 0. The number of amides is 1. The van der Waals surface area contributed by atoms with E-state index in [4.69, 9.17) is 5.84 Å². The third-order valence-electron chi connectivity index (χ3n) is 3.73. The molecule has 1 aliphatic rings. The zero-order valence-electron chi connectivity index (χ0n) is 11.1. The lowest BCUT2D eigenvalue weighted by Gasteiger charge is -2.31. The van der Waals surface area contributed by atoms with E-state index >= 15 is 0 Å². The lowest BCUT2D eigenvalue weighted by Crippen LogP contribution is -2.33. The van der Waals surface area contributed by atoms with Gasteiger partial charge in [-0.3, -0.25) is 10.2 Å². The molecule has 0 bridgehead atoms. The first-order chi connectivity index (χ1) is 8.26. The average molecular weight is 241 g/mol. The molecule has 0 atom stereocenters. The van der Waals surface area contributed by atoms with Crippen LogP contribution in [-0.4, -0.2) is 30.4 Å². The van der Waals surface area contributed by atoms with Crippen LogP contribution in [0.3, 0.4) is 0 Å². The minimum Gasteiger partial charge on any atom is -0.303 e. The molecule has 0 heterocycles. The molecule has 0 aromatic heterocycles. The number of hydrazine groups is 1. The molecule has 0 aromatic carbocycles. The van der Waals surface area contributed by atoms with E-state index in [1.165, 1.54) is 38.8 Å². The Balaban J connectivity index is 1.97. The van der Waals surface area contributed by atoms with Gasteiger partial charge in [0, 0.05) is 13.0 Å². The zero-order valence-corrected chi connectivity index (χ0v) is 11.1. The molecule has 0 aromatic rings. The van der Waals surface area contributed by atoms with E-state index in [0.717, 1.165) is 25.3 Å². The molecule has 3 N–H and O–H groups in total. The zero-order chi connectivity index (χ0) is 12.5. The number of unbranched alkanes of at least 4 members (excludes halogenated alkanes) is 2. The summed E-state index contributed by atoms with van der Waals surface area (Å²) in [6.07, 6.45) is 8.10. The van der Waals surface area contributed by atoms with Gasteiger partial charge in [-0.15, -0.1) is 0 Å². The molecular weight excluding hydrogens is 214 g/mol. The number of nitrogens with zero attached hydrogens (tertiary/aromatic N) is 1. The summed E-state index contributed by atoms with van der Waals surface area (Å²) in [6, 6.07) is 0. The summed E-state index contributed by atoms with van der Waals surface area (Å²) in [4.78, 5) is 13.5. The predicted molar refractivity (Wildman–Crippen MR) is 70.3 cm³/mol. The molecule has 0 aliphatic heterocycles. The van der Waals surface area contributed by atoms with Crippen LogP contribution in [0, 0.1) is 5.92 Å². The van der Waals surface area contributed by atoms with Crippen molar-refractivity contribution in [2.45, 2.75) is 51.9 Å². The fraction of sp³-hybridized carbons (Fsp3) is 0.923. The Morgan fingerprint density at radius 3 is 2.65 bits per heavy atom. The molecule has 4 nitrogen and oxygen atoms in total. The summed E-state index contributed by atoms with van der Waals surface area (Å²) in [5, 5.41) is 0. The molecule has 17 heavy (non-hydrogen) atoms. The van der Waals surface area contributed by atoms with E-state index in [0.29, 0.717) is 6.42 Å². The van der Waals surface area contributed by atoms with E-state index in [9.17, 15) is 4.79 Å². The largest absolute Gasteiger partial charge is 0.303 e. The highest BCUT2D eigenvalue weighted by molar-refractivity contribution is 5.74. The highest BCUT2D eigenvalue weighted by Gasteiger charge is 2.19. The fourth-order valence-electron chi connectivity index (χ4n) is 2.29. The van der Waals surface area contributed by atoms with Gasteiger partial charge in [-0.25, -0.2) is 5.84 Å². The Kier molecular flexibility index (Phi) is 7.21. The molecule has 1 rings (SSSR count). The van der Waals surface area contributed by atoms with Crippen molar-refractivity contribution in [1.82, 2.24) is 10.3 Å². The summed E-state index contributed by atoms with van der Waals surface area (Å²) in [7, 11) is 0. The van der Waals surface area contributed by atoms with Gasteiger partial charge in [0.1, 0.15) is 0 Å². The maximum absolute atomic E-state index is 10.9. The first kappa shape index (κ1) is 14.5. The quantitative estimate of drug-likeness (QED) is 0.279. The molecule has 0 radical (unpaired) electrons. The maximum Gasteiger partial charge on any atom is 0.233 e. The lowest BCUT2D eigenvalue weighted by atomic mass is 9.85. The van der Waals surface area contributed by atoms with E-state index in [-0.39, 0.29) is 5.91 Å². The van der Waals surface area contributed by atoms with Crippen LogP contribution in [-0.2, 0) is 4.79 Å². The van der Waals surface area contributed by atoms with Gasteiger partial charge in [-0.05, 0) is 44.7 Å². The number of hydrogen-bond acceptors (Lipinski definition) is 3. The molecular formula is C13H27N3O. The Labute approximate surface area is 105 Å².